The molecule has 5 heteroatoms. The molecule has 2 rings (SSSR count). The van der Waals surface area contributed by atoms with Gasteiger partial charge in [-0.15, -0.1) is 0 Å². The van der Waals surface area contributed by atoms with E-state index in [2.05, 4.69) is 15.9 Å². The zero-order valence-corrected chi connectivity index (χ0v) is 12.0. The molecule has 1 aromatic carbocycles. The molecule has 0 aromatic heterocycles. The monoisotopic (exact) mass is 310 g/mol. The van der Waals surface area contributed by atoms with Gasteiger partial charge in [0.25, 0.3) is 5.91 Å². The minimum atomic E-state index is -0.0866. The highest BCUT2D eigenvalue weighted by Crippen LogP contribution is 2.28. The normalized spacial score (nSPS) is 19.2. The maximum atomic E-state index is 12.1. The molecular weight excluding hydrogens is 296 g/mol. The van der Waals surface area contributed by atoms with Crippen LogP contribution in [0.3, 0.4) is 0 Å². The Balaban J connectivity index is 2.39. The molecule has 0 aliphatic carbocycles. The Morgan fingerprint density at radius 2 is 2.06 bits per heavy atom. The van der Waals surface area contributed by atoms with Crippen LogP contribution in [0.4, 0.5) is 5.69 Å². The zero-order valence-electron chi connectivity index (χ0n) is 10.4. The Bertz CT molecular complexity index is 488. The van der Waals surface area contributed by atoms with Crippen molar-refractivity contribution in [1.82, 2.24) is 4.90 Å². The van der Waals surface area contributed by atoms with E-state index in [1.807, 2.05) is 18.2 Å². The molecule has 1 saturated heterocycles. The minimum absolute atomic E-state index is 0.0517. The predicted molar refractivity (Wildman–Crippen MR) is 74.1 cm³/mol. The second-order valence-electron chi connectivity index (χ2n) is 4.52. The molecule has 1 aliphatic rings. The topological polar surface area (TPSA) is 40.6 Å². The SMILES string of the molecule is CN(C)C(=O)c1ccccc1N1CC(Br)CC1=O. The molecule has 96 valence electrons. The van der Waals surface area contributed by atoms with E-state index in [1.54, 1.807) is 25.1 Å². The van der Waals surface area contributed by atoms with Gasteiger partial charge in [-0.3, -0.25) is 9.59 Å². The summed E-state index contributed by atoms with van der Waals surface area (Å²) in [6, 6.07) is 7.23. The molecule has 18 heavy (non-hydrogen) atoms. The van der Waals surface area contributed by atoms with Crippen molar-refractivity contribution in [1.29, 1.82) is 0 Å². The highest BCUT2D eigenvalue weighted by Gasteiger charge is 2.31. The molecule has 0 saturated carbocycles. The molecule has 2 amide bonds. The summed E-state index contributed by atoms with van der Waals surface area (Å²) < 4.78 is 0. The smallest absolute Gasteiger partial charge is 0.255 e. The fourth-order valence-electron chi connectivity index (χ4n) is 2.03. The Kier molecular flexibility index (Phi) is 3.71. The average Bonchev–Trinajstić information content (AvgIpc) is 2.67. The Morgan fingerprint density at radius 3 is 2.61 bits per heavy atom. The third-order valence-corrected chi connectivity index (χ3v) is 3.52. The van der Waals surface area contributed by atoms with Crippen LogP contribution in [0.5, 0.6) is 0 Å². The summed E-state index contributed by atoms with van der Waals surface area (Å²) in [5.74, 6) is -0.0349. The van der Waals surface area contributed by atoms with Crippen molar-refractivity contribution in [3.05, 3.63) is 29.8 Å². The molecule has 1 fully saturated rings. The molecule has 0 bridgehead atoms. The molecule has 1 aromatic rings. The maximum absolute atomic E-state index is 12.1. The van der Waals surface area contributed by atoms with Gasteiger partial charge in [0.05, 0.1) is 11.3 Å². The van der Waals surface area contributed by atoms with Crippen LogP contribution in [0, 0.1) is 0 Å². The summed E-state index contributed by atoms with van der Waals surface area (Å²) in [7, 11) is 3.41. The van der Waals surface area contributed by atoms with Crippen LogP contribution >= 0.6 is 15.9 Å². The number of rotatable bonds is 2. The van der Waals surface area contributed by atoms with E-state index in [0.717, 1.165) is 0 Å². The molecule has 1 heterocycles. The quantitative estimate of drug-likeness (QED) is 0.783. The summed E-state index contributed by atoms with van der Waals surface area (Å²) in [6.45, 7) is 0.608. The fourth-order valence-corrected chi connectivity index (χ4v) is 2.59. The van der Waals surface area contributed by atoms with Crippen LogP contribution in [0.15, 0.2) is 24.3 Å². The van der Waals surface area contributed by atoms with Gasteiger partial charge in [0, 0.05) is 31.9 Å². The number of carbonyl (C=O) groups excluding carboxylic acids is 2. The lowest BCUT2D eigenvalue weighted by Gasteiger charge is -2.21. The standard InChI is InChI=1S/C13H15BrN2O2/c1-15(2)13(18)10-5-3-4-6-11(10)16-8-9(14)7-12(16)17/h3-6,9H,7-8H2,1-2H3. The third-order valence-electron chi connectivity index (χ3n) is 2.91. The van der Waals surface area contributed by atoms with E-state index < -0.39 is 0 Å². The van der Waals surface area contributed by atoms with Crippen LogP contribution in [0.1, 0.15) is 16.8 Å². The molecule has 4 nitrogen and oxygen atoms in total. The van der Waals surface area contributed by atoms with Crippen molar-refractivity contribution < 1.29 is 9.59 Å². The molecule has 1 unspecified atom stereocenters. The van der Waals surface area contributed by atoms with Gasteiger partial charge in [-0.1, -0.05) is 28.1 Å². The number of carbonyl (C=O) groups is 2. The van der Waals surface area contributed by atoms with Crippen LogP contribution in [0.25, 0.3) is 0 Å². The lowest BCUT2D eigenvalue weighted by Crippen LogP contribution is -2.29. The van der Waals surface area contributed by atoms with Crippen molar-refractivity contribution in [2.24, 2.45) is 0 Å². The average molecular weight is 311 g/mol. The van der Waals surface area contributed by atoms with E-state index in [1.165, 1.54) is 4.90 Å². The molecule has 0 spiro atoms. The Hall–Kier alpha value is -1.36. The fraction of sp³-hybridized carbons (Fsp3) is 0.385. The zero-order chi connectivity index (χ0) is 13.3. The summed E-state index contributed by atoms with van der Waals surface area (Å²) in [4.78, 5) is 27.3. The number of halogens is 1. The lowest BCUT2D eigenvalue weighted by atomic mass is 10.1. The van der Waals surface area contributed by atoms with Gasteiger partial charge in [0.15, 0.2) is 0 Å². The molecular formula is C13H15BrN2O2. The lowest BCUT2D eigenvalue weighted by molar-refractivity contribution is -0.117. The number of alkyl halides is 1. The molecule has 0 N–H and O–H groups in total. The first-order chi connectivity index (χ1) is 8.50. The number of benzene rings is 1. The van der Waals surface area contributed by atoms with Gasteiger partial charge in [0.2, 0.25) is 5.91 Å². The van der Waals surface area contributed by atoms with Crippen LogP contribution in [-0.2, 0) is 4.79 Å². The summed E-state index contributed by atoms with van der Waals surface area (Å²) in [5, 5.41) is 0. The van der Waals surface area contributed by atoms with Crippen molar-refractivity contribution >= 4 is 33.4 Å². The predicted octanol–water partition coefficient (Wildman–Crippen LogP) is 1.89. The molecule has 1 aliphatic heterocycles. The summed E-state index contributed by atoms with van der Waals surface area (Å²) in [5.41, 5.74) is 1.26. The van der Waals surface area contributed by atoms with Crippen molar-refractivity contribution in [2.75, 3.05) is 25.5 Å². The Morgan fingerprint density at radius 1 is 1.39 bits per heavy atom. The van der Waals surface area contributed by atoms with Gasteiger partial charge in [0.1, 0.15) is 0 Å². The van der Waals surface area contributed by atoms with E-state index in [0.29, 0.717) is 24.2 Å². The Labute approximate surface area is 115 Å². The maximum Gasteiger partial charge on any atom is 0.255 e. The first-order valence-corrected chi connectivity index (χ1v) is 6.67. The van der Waals surface area contributed by atoms with E-state index >= 15 is 0 Å². The number of hydrogen-bond donors (Lipinski definition) is 0. The third kappa shape index (κ3) is 2.41. The second-order valence-corrected chi connectivity index (χ2v) is 5.82. The van der Waals surface area contributed by atoms with Crippen molar-refractivity contribution in [3.8, 4) is 0 Å². The number of hydrogen-bond acceptors (Lipinski definition) is 2. The summed E-state index contributed by atoms with van der Waals surface area (Å²) in [6.07, 6.45) is 0.477. The molecule has 0 radical (unpaired) electrons. The minimum Gasteiger partial charge on any atom is -0.345 e. The van der Waals surface area contributed by atoms with E-state index in [-0.39, 0.29) is 16.6 Å². The number of para-hydroxylation sites is 1. The highest BCUT2D eigenvalue weighted by atomic mass is 79.9. The van der Waals surface area contributed by atoms with Crippen LogP contribution < -0.4 is 4.90 Å². The van der Waals surface area contributed by atoms with E-state index in [9.17, 15) is 9.59 Å². The first-order valence-electron chi connectivity index (χ1n) is 5.76. The second kappa shape index (κ2) is 5.10. The first kappa shape index (κ1) is 13.1. The largest absolute Gasteiger partial charge is 0.345 e. The van der Waals surface area contributed by atoms with Gasteiger partial charge in [-0.25, -0.2) is 0 Å². The van der Waals surface area contributed by atoms with E-state index in [4.69, 9.17) is 0 Å². The highest BCUT2D eigenvalue weighted by molar-refractivity contribution is 9.09. The summed E-state index contributed by atoms with van der Waals surface area (Å²) >= 11 is 3.45. The van der Waals surface area contributed by atoms with Crippen molar-refractivity contribution in [2.45, 2.75) is 11.2 Å². The van der Waals surface area contributed by atoms with Crippen LogP contribution in [-0.4, -0.2) is 42.2 Å². The van der Waals surface area contributed by atoms with Crippen LogP contribution in [0.2, 0.25) is 0 Å². The number of anilines is 1. The number of nitrogens with zero attached hydrogens (tertiary/aromatic N) is 2. The number of amides is 2. The van der Waals surface area contributed by atoms with Crippen molar-refractivity contribution in [3.63, 3.8) is 0 Å². The van der Waals surface area contributed by atoms with Gasteiger partial charge in [-0.05, 0) is 12.1 Å². The van der Waals surface area contributed by atoms with Gasteiger partial charge < -0.3 is 9.80 Å². The molecule has 1 atom stereocenters. The van der Waals surface area contributed by atoms with Gasteiger partial charge in [-0.2, -0.15) is 0 Å². The van der Waals surface area contributed by atoms with Gasteiger partial charge >= 0.3 is 0 Å².